The lowest BCUT2D eigenvalue weighted by Crippen LogP contribution is -2.06. The molecule has 0 atom stereocenters. The van der Waals surface area contributed by atoms with Gasteiger partial charge in [-0.25, -0.2) is 0 Å². The Morgan fingerprint density at radius 3 is 2.43 bits per heavy atom. The van der Waals surface area contributed by atoms with E-state index in [4.69, 9.17) is 0 Å². The van der Waals surface area contributed by atoms with Crippen LogP contribution < -0.4 is 0 Å². The highest BCUT2D eigenvalue weighted by Gasteiger charge is 2.31. The van der Waals surface area contributed by atoms with Crippen molar-refractivity contribution in [1.82, 2.24) is 19.7 Å². The molecule has 0 saturated heterocycles. The van der Waals surface area contributed by atoms with Gasteiger partial charge in [0.1, 0.15) is 5.69 Å². The van der Waals surface area contributed by atoms with Crippen molar-refractivity contribution in [2.75, 3.05) is 6.26 Å². The fourth-order valence-corrected chi connectivity index (χ4v) is 2.60. The van der Waals surface area contributed by atoms with Gasteiger partial charge >= 0.3 is 6.18 Å². The fraction of sp³-hybridized carbons (Fsp3) is 0.133. The number of para-hydroxylation sites is 1. The molecule has 0 N–H and O–H groups in total. The van der Waals surface area contributed by atoms with Crippen molar-refractivity contribution in [3.05, 3.63) is 54.2 Å². The lowest BCUT2D eigenvalue weighted by atomic mass is 10.2. The van der Waals surface area contributed by atoms with Crippen molar-refractivity contribution in [3.8, 4) is 17.2 Å². The second kappa shape index (κ2) is 6.04. The topological polar surface area (TPSA) is 43.6 Å². The number of alkyl halides is 3. The minimum absolute atomic E-state index is 0.122. The largest absolute Gasteiger partial charge is 0.416 e. The number of thioether (sulfide) groups is 1. The molecule has 118 valence electrons. The van der Waals surface area contributed by atoms with E-state index in [0.717, 1.165) is 24.0 Å². The predicted molar refractivity (Wildman–Crippen MR) is 81.4 cm³/mol. The molecular formula is C15H11F3N4S. The van der Waals surface area contributed by atoms with Crippen molar-refractivity contribution in [2.24, 2.45) is 0 Å². The van der Waals surface area contributed by atoms with Crippen LogP contribution in [0.1, 0.15) is 5.56 Å². The van der Waals surface area contributed by atoms with Crippen LogP contribution in [0.5, 0.6) is 0 Å². The molecule has 23 heavy (non-hydrogen) atoms. The average Bonchev–Trinajstić information content (AvgIpc) is 2.99. The fourth-order valence-electron chi connectivity index (χ4n) is 2.11. The first-order chi connectivity index (χ1) is 11.0. The van der Waals surface area contributed by atoms with E-state index in [-0.39, 0.29) is 11.5 Å². The Morgan fingerprint density at radius 1 is 1.04 bits per heavy atom. The van der Waals surface area contributed by atoms with Gasteiger partial charge in [0, 0.05) is 11.9 Å². The smallest absolute Gasteiger partial charge is 0.269 e. The van der Waals surface area contributed by atoms with Crippen molar-refractivity contribution >= 4 is 11.8 Å². The van der Waals surface area contributed by atoms with E-state index in [9.17, 15) is 13.2 Å². The summed E-state index contributed by atoms with van der Waals surface area (Å²) < 4.78 is 40.4. The Bertz CT molecular complexity index is 815. The highest BCUT2D eigenvalue weighted by atomic mass is 32.2. The summed E-state index contributed by atoms with van der Waals surface area (Å²) in [6.07, 6.45) is -1.48. The molecular weight excluding hydrogens is 325 g/mol. The Hall–Kier alpha value is -2.35. The highest BCUT2D eigenvalue weighted by Crippen LogP contribution is 2.32. The summed E-state index contributed by atoms with van der Waals surface area (Å²) in [6, 6.07) is 11.1. The van der Waals surface area contributed by atoms with Crippen molar-refractivity contribution in [3.63, 3.8) is 0 Å². The van der Waals surface area contributed by atoms with Crippen molar-refractivity contribution < 1.29 is 13.2 Å². The SMILES string of the molecule is CSc1nnc(-c2cc(C(F)(F)F)ccn2)n1-c1ccccc1. The lowest BCUT2D eigenvalue weighted by molar-refractivity contribution is -0.137. The second-order valence-electron chi connectivity index (χ2n) is 4.61. The number of pyridine rings is 1. The molecule has 2 heterocycles. The minimum atomic E-state index is -4.43. The normalized spacial score (nSPS) is 11.7. The first-order valence-corrected chi connectivity index (χ1v) is 7.81. The van der Waals surface area contributed by atoms with Gasteiger partial charge in [-0.2, -0.15) is 13.2 Å². The van der Waals surface area contributed by atoms with Crippen LogP contribution in [0.15, 0.2) is 53.8 Å². The minimum Gasteiger partial charge on any atom is -0.269 e. The Kier molecular flexibility index (Phi) is 4.08. The molecule has 3 aromatic rings. The zero-order chi connectivity index (χ0) is 16.4. The average molecular weight is 336 g/mol. The molecule has 3 rings (SSSR count). The summed E-state index contributed by atoms with van der Waals surface area (Å²) in [7, 11) is 0. The maximum atomic E-state index is 12.9. The van der Waals surface area contributed by atoms with Crippen LogP contribution in [-0.2, 0) is 6.18 Å². The molecule has 0 spiro atoms. The van der Waals surface area contributed by atoms with E-state index in [1.165, 1.54) is 11.8 Å². The van der Waals surface area contributed by atoms with Gasteiger partial charge in [-0.1, -0.05) is 30.0 Å². The zero-order valence-electron chi connectivity index (χ0n) is 11.9. The van der Waals surface area contributed by atoms with Gasteiger partial charge in [0.2, 0.25) is 0 Å². The maximum absolute atomic E-state index is 12.9. The molecule has 0 amide bonds. The molecule has 0 fully saturated rings. The number of aromatic nitrogens is 4. The van der Waals surface area contributed by atoms with Crippen LogP contribution in [0.4, 0.5) is 13.2 Å². The van der Waals surface area contributed by atoms with Gasteiger partial charge in [0.05, 0.1) is 5.56 Å². The monoisotopic (exact) mass is 336 g/mol. The standard InChI is InChI=1S/C15H11F3N4S/c1-23-14-21-20-13(22(14)11-5-3-2-4-6-11)12-9-10(7-8-19-12)15(16,17)18/h2-9H,1H3. The number of halogens is 3. The first-order valence-electron chi connectivity index (χ1n) is 6.59. The molecule has 4 nitrogen and oxygen atoms in total. The molecule has 0 aliphatic carbocycles. The number of hydrogen-bond acceptors (Lipinski definition) is 4. The van der Waals surface area contributed by atoms with Gasteiger partial charge < -0.3 is 0 Å². The summed E-state index contributed by atoms with van der Waals surface area (Å²) in [5.74, 6) is 0.270. The van der Waals surface area contributed by atoms with E-state index < -0.39 is 11.7 Å². The third-order valence-corrected chi connectivity index (χ3v) is 3.78. The second-order valence-corrected chi connectivity index (χ2v) is 5.38. The Balaban J connectivity index is 2.17. The van der Waals surface area contributed by atoms with E-state index >= 15 is 0 Å². The molecule has 0 bridgehead atoms. The van der Waals surface area contributed by atoms with E-state index in [2.05, 4.69) is 15.2 Å². The summed E-state index contributed by atoms with van der Waals surface area (Å²) in [5.41, 5.74) is 0.114. The molecule has 1 aromatic carbocycles. The summed E-state index contributed by atoms with van der Waals surface area (Å²) in [5, 5.41) is 8.63. The molecule has 0 saturated carbocycles. The van der Waals surface area contributed by atoms with Crippen molar-refractivity contribution in [2.45, 2.75) is 11.3 Å². The molecule has 2 aromatic heterocycles. The predicted octanol–water partition coefficient (Wildman–Crippen LogP) is 4.07. The summed E-state index contributed by atoms with van der Waals surface area (Å²) >= 11 is 1.35. The van der Waals surface area contributed by atoms with E-state index in [1.807, 2.05) is 36.6 Å². The van der Waals surface area contributed by atoms with Crippen LogP contribution >= 0.6 is 11.8 Å². The van der Waals surface area contributed by atoms with Gasteiger partial charge in [-0.3, -0.25) is 9.55 Å². The number of hydrogen-bond donors (Lipinski definition) is 0. The molecule has 0 aliphatic heterocycles. The van der Waals surface area contributed by atoms with Crippen LogP contribution in [0.25, 0.3) is 17.2 Å². The van der Waals surface area contributed by atoms with Gasteiger partial charge in [-0.05, 0) is 30.5 Å². The van der Waals surface area contributed by atoms with Crippen LogP contribution in [0.2, 0.25) is 0 Å². The lowest BCUT2D eigenvalue weighted by Gasteiger charge is -2.10. The van der Waals surface area contributed by atoms with Gasteiger partial charge in [-0.15, -0.1) is 10.2 Å². The quantitative estimate of drug-likeness (QED) is 0.676. The van der Waals surface area contributed by atoms with Crippen LogP contribution in [-0.4, -0.2) is 26.0 Å². The van der Waals surface area contributed by atoms with Crippen LogP contribution in [0.3, 0.4) is 0 Å². The van der Waals surface area contributed by atoms with E-state index in [0.29, 0.717) is 5.16 Å². The molecule has 0 radical (unpaired) electrons. The van der Waals surface area contributed by atoms with Gasteiger partial charge in [0.15, 0.2) is 11.0 Å². The van der Waals surface area contributed by atoms with Crippen molar-refractivity contribution in [1.29, 1.82) is 0 Å². The van der Waals surface area contributed by atoms with Gasteiger partial charge in [0.25, 0.3) is 0 Å². The summed E-state index contributed by atoms with van der Waals surface area (Å²) in [4.78, 5) is 4.02. The van der Waals surface area contributed by atoms with E-state index in [1.54, 1.807) is 4.57 Å². The van der Waals surface area contributed by atoms with Crippen LogP contribution in [0, 0.1) is 0 Å². The number of benzene rings is 1. The Morgan fingerprint density at radius 2 is 1.78 bits per heavy atom. The third-order valence-electron chi connectivity index (χ3n) is 3.15. The molecule has 0 aliphatic rings. The maximum Gasteiger partial charge on any atom is 0.416 e. The first kappa shape index (κ1) is 15.5. The number of rotatable bonds is 3. The third kappa shape index (κ3) is 3.07. The molecule has 0 unspecified atom stereocenters. The molecule has 8 heteroatoms. The zero-order valence-corrected chi connectivity index (χ0v) is 12.8. The number of nitrogens with zero attached hydrogens (tertiary/aromatic N) is 4. The summed E-state index contributed by atoms with van der Waals surface area (Å²) in [6.45, 7) is 0. The highest BCUT2D eigenvalue weighted by molar-refractivity contribution is 7.98. The Labute approximate surface area is 134 Å².